The van der Waals surface area contributed by atoms with Crippen LogP contribution >= 0.6 is 38.5 Å². The molecule has 0 N–H and O–H groups in total. The van der Waals surface area contributed by atoms with Crippen molar-refractivity contribution in [1.82, 2.24) is 0 Å². The summed E-state index contributed by atoms with van der Waals surface area (Å²) in [4.78, 5) is 12.6. The van der Waals surface area contributed by atoms with Gasteiger partial charge in [0.1, 0.15) is 5.75 Å². The average molecular weight is 431 g/mol. The molecule has 0 aromatic heterocycles. The second-order valence-electron chi connectivity index (χ2n) is 3.88. The molecular weight excluding hydrogens is 419 g/mol. The van der Waals surface area contributed by atoms with Crippen LogP contribution < -0.4 is 4.74 Å². The van der Waals surface area contributed by atoms with Crippen molar-refractivity contribution in [3.63, 3.8) is 0 Å². The van der Waals surface area contributed by atoms with E-state index in [1.165, 1.54) is 0 Å². The third-order valence-corrected chi connectivity index (χ3v) is 4.04. The monoisotopic (exact) mass is 430 g/mol. The molecule has 0 aliphatic carbocycles. The van der Waals surface area contributed by atoms with Crippen LogP contribution in [0.15, 0.2) is 46.9 Å². The zero-order valence-electron chi connectivity index (χ0n) is 10.3. The number of halogens is 2. The lowest BCUT2D eigenvalue weighted by molar-refractivity contribution is 0.103. The van der Waals surface area contributed by atoms with Crippen LogP contribution in [0.3, 0.4) is 0 Å². The molecule has 0 aliphatic heterocycles. The first kappa shape index (κ1) is 14.5. The molecule has 0 aliphatic rings. The van der Waals surface area contributed by atoms with Gasteiger partial charge in [0.05, 0.1) is 12.2 Å². The molecule has 2 nitrogen and oxygen atoms in total. The van der Waals surface area contributed by atoms with Crippen molar-refractivity contribution in [1.29, 1.82) is 0 Å². The fourth-order valence-electron chi connectivity index (χ4n) is 1.75. The molecule has 4 heteroatoms. The summed E-state index contributed by atoms with van der Waals surface area (Å²) in [7, 11) is 0. The molecule has 0 radical (unpaired) electrons. The molecule has 0 amide bonds. The molecule has 0 unspecified atom stereocenters. The zero-order chi connectivity index (χ0) is 13.8. The molecule has 19 heavy (non-hydrogen) atoms. The Morgan fingerprint density at radius 1 is 1.21 bits per heavy atom. The van der Waals surface area contributed by atoms with Crippen molar-refractivity contribution in [2.45, 2.75) is 6.92 Å². The number of ether oxygens (including phenoxy) is 1. The molecule has 2 aromatic rings. The summed E-state index contributed by atoms with van der Waals surface area (Å²) in [6.45, 7) is 2.44. The van der Waals surface area contributed by atoms with Gasteiger partial charge in [-0.1, -0.05) is 28.1 Å². The smallest absolute Gasteiger partial charge is 0.197 e. The van der Waals surface area contributed by atoms with Gasteiger partial charge >= 0.3 is 0 Å². The fraction of sp³-hybridized carbons (Fsp3) is 0.133. The highest BCUT2D eigenvalue weighted by Gasteiger charge is 2.17. The predicted molar refractivity (Wildman–Crippen MR) is 87.9 cm³/mol. The standard InChI is InChI=1S/C15H12BrIO2/c1-2-19-14-8-7-10(16)9-12(14)15(18)11-5-3-4-6-13(11)17/h3-9H,2H2,1H3. The van der Waals surface area contributed by atoms with E-state index in [0.717, 1.165) is 8.04 Å². The van der Waals surface area contributed by atoms with Crippen LogP contribution in [0.4, 0.5) is 0 Å². The minimum Gasteiger partial charge on any atom is -0.493 e. The van der Waals surface area contributed by atoms with E-state index in [0.29, 0.717) is 23.5 Å². The summed E-state index contributed by atoms with van der Waals surface area (Å²) in [6.07, 6.45) is 0. The van der Waals surface area contributed by atoms with Crippen LogP contribution in [0.5, 0.6) is 5.75 Å². The van der Waals surface area contributed by atoms with E-state index in [1.807, 2.05) is 43.3 Å². The maximum absolute atomic E-state index is 12.6. The Balaban J connectivity index is 2.49. The molecular formula is C15H12BrIO2. The summed E-state index contributed by atoms with van der Waals surface area (Å²) in [5, 5.41) is 0. The van der Waals surface area contributed by atoms with Crippen LogP contribution in [0.2, 0.25) is 0 Å². The normalized spacial score (nSPS) is 10.3. The summed E-state index contributed by atoms with van der Waals surface area (Å²) in [5.74, 6) is 0.602. The third kappa shape index (κ3) is 3.36. The van der Waals surface area contributed by atoms with Crippen LogP contribution in [-0.2, 0) is 0 Å². The van der Waals surface area contributed by atoms with Gasteiger partial charge in [0.25, 0.3) is 0 Å². The lowest BCUT2D eigenvalue weighted by atomic mass is 10.0. The number of carbonyl (C=O) groups is 1. The van der Waals surface area contributed by atoms with Crippen molar-refractivity contribution in [2.75, 3.05) is 6.61 Å². The van der Waals surface area contributed by atoms with Gasteiger partial charge in [0.2, 0.25) is 0 Å². The summed E-state index contributed by atoms with van der Waals surface area (Å²) in [6, 6.07) is 13.0. The lowest BCUT2D eigenvalue weighted by Gasteiger charge is -2.10. The van der Waals surface area contributed by atoms with E-state index in [2.05, 4.69) is 38.5 Å². The minimum atomic E-state index is -0.0187. The van der Waals surface area contributed by atoms with E-state index >= 15 is 0 Å². The molecule has 0 fully saturated rings. The van der Waals surface area contributed by atoms with Crippen LogP contribution in [0.1, 0.15) is 22.8 Å². The minimum absolute atomic E-state index is 0.0187. The Kier molecular flexibility index (Phi) is 4.99. The molecule has 2 aromatic carbocycles. The maximum atomic E-state index is 12.6. The quantitative estimate of drug-likeness (QED) is 0.519. The molecule has 0 saturated carbocycles. The van der Waals surface area contributed by atoms with Gasteiger partial charge in [-0.05, 0) is 59.8 Å². The highest BCUT2D eigenvalue weighted by atomic mass is 127. The Bertz CT molecular complexity index is 611. The van der Waals surface area contributed by atoms with Gasteiger partial charge in [0, 0.05) is 13.6 Å². The predicted octanol–water partition coefficient (Wildman–Crippen LogP) is 4.68. The van der Waals surface area contributed by atoms with E-state index < -0.39 is 0 Å². The molecule has 0 bridgehead atoms. The first-order valence-electron chi connectivity index (χ1n) is 5.85. The topological polar surface area (TPSA) is 26.3 Å². The maximum Gasteiger partial charge on any atom is 0.197 e. The summed E-state index contributed by atoms with van der Waals surface area (Å²) in [5.41, 5.74) is 1.28. The van der Waals surface area contributed by atoms with Gasteiger partial charge in [-0.15, -0.1) is 0 Å². The molecule has 2 rings (SSSR count). The Morgan fingerprint density at radius 3 is 2.63 bits per heavy atom. The Labute approximate surface area is 134 Å². The molecule has 0 heterocycles. The lowest BCUT2D eigenvalue weighted by Crippen LogP contribution is -2.07. The van der Waals surface area contributed by atoms with E-state index in [-0.39, 0.29) is 5.78 Å². The van der Waals surface area contributed by atoms with Crippen molar-refractivity contribution >= 4 is 44.3 Å². The van der Waals surface area contributed by atoms with Crippen molar-refractivity contribution in [3.05, 3.63) is 61.6 Å². The highest BCUT2D eigenvalue weighted by Crippen LogP contribution is 2.27. The third-order valence-electron chi connectivity index (χ3n) is 2.60. The van der Waals surface area contributed by atoms with E-state index in [9.17, 15) is 4.79 Å². The number of carbonyl (C=O) groups excluding carboxylic acids is 1. The first-order chi connectivity index (χ1) is 9.13. The SMILES string of the molecule is CCOc1ccc(Br)cc1C(=O)c1ccccc1I. The van der Waals surface area contributed by atoms with Gasteiger partial charge in [-0.3, -0.25) is 4.79 Å². The molecule has 98 valence electrons. The molecule has 0 spiro atoms. The number of rotatable bonds is 4. The fourth-order valence-corrected chi connectivity index (χ4v) is 2.74. The number of hydrogen-bond acceptors (Lipinski definition) is 2. The van der Waals surface area contributed by atoms with Gasteiger partial charge in [-0.2, -0.15) is 0 Å². The summed E-state index contributed by atoms with van der Waals surface area (Å²) < 4.78 is 7.33. The Hall–Kier alpha value is -0.880. The largest absolute Gasteiger partial charge is 0.493 e. The highest BCUT2D eigenvalue weighted by molar-refractivity contribution is 14.1. The number of ketones is 1. The number of benzene rings is 2. The van der Waals surface area contributed by atoms with E-state index in [4.69, 9.17) is 4.74 Å². The second kappa shape index (κ2) is 6.52. The van der Waals surface area contributed by atoms with E-state index in [1.54, 1.807) is 6.07 Å². The van der Waals surface area contributed by atoms with Crippen LogP contribution in [0, 0.1) is 3.57 Å². The first-order valence-corrected chi connectivity index (χ1v) is 7.72. The van der Waals surface area contributed by atoms with Gasteiger partial charge < -0.3 is 4.74 Å². The molecule has 0 atom stereocenters. The van der Waals surface area contributed by atoms with Gasteiger partial charge in [0.15, 0.2) is 5.78 Å². The summed E-state index contributed by atoms with van der Waals surface area (Å²) >= 11 is 5.57. The average Bonchev–Trinajstić information content (AvgIpc) is 2.41. The molecule has 0 saturated heterocycles. The number of hydrogen-bond donors (Lipinski definition) is 0. The Morgan fingerprint density at radius 2 is 1.95 bits per heavy atom. The van der Waals surface area contributed by atoms with Crippen molar-refractivity contribution < 1.29 is 9.53 Å². The van der Waals surface area contributed by atoms with Crippen molar-refractivity contribution in [3.8, 4) is 5.75 Å². The van der Waals surface area contributed by atoms with Crippen LogP contribution in [-0.4, -0.2) is 12.4 Å². The van der Waals surface area contributed by atoms with Crippen molar-refractivity contribution in [2.24, 2.45) is 0 Å². The second-order valence-corrected chi connectivity index (χ2v) is 5.96. The van der Waals surface area contributed by atoms with Gasteiger partial charge in [-0.25, -0.2) is 0 Å². The van der Waals surface area contributed by atoms with Crippen LogP contribution in [0.25, 0.3) is 0 Å². The zero-order valence-corrected chi connectivity index (χ0v) is 14.1.